The lowest BCUT2D eigenvalue weighted by Gasteiger charge is -2.20. The Labute approximate surface area is 137 Å². The van der Waals surface area contributed by atoms with E-state index in [0.717, 1.165) is 26.1 Å². The van der Waals surface area contributed by atoms with E-state index in [0.29, 0.717) is 18.1 Å². The van der Waals surface area contributed by atoms with Gasteiger partial charge in [-0.25, -0.2) is 0 Å². The molecular formula is C16H18N2O2S2. The Morgan fingerprint density at radius 1 is 1.23 bits per heavy atom. The maximum absolute atomic E-state index is 12.4. The zero-order valence-corrected chi connectivity index (χ0v) is 13.9. The van der Waals surface area contributed by atoms with Crippen molar-refractivity contribution >= 4 is 28.6 Å². The molecule has 2 aliphatic heterocycles. The van der Waals surface area contributed by atoms with E-state index in [1.165, 1.54) is 12.8 Å². The number of amides is 1. The van der Waals surface area contributed by atoms with Crippen molar-refractivity contribution in [3.63, 3.8) is 0 Å². The van der Waals surface area contributed by atoms with Crippen LogP contribution in [0.3, 0.4) is 0 Å². The second-order valence-corrected chi connectivity index (χ2v) is 7.98. The van der Waals surface area contributed by atoms with Gasteiger partial charge in [0.25, 0.3) is 5.91 Å². The molecule has 3 unspecified atom stereocenters. The zero-order valence-electron chi connectivity index (χ0n) is 12.3. The molecule has 0 spiro atoms. The maximum Gasteiger partial charge on any atom is 0.261 e. The fourth-order valence-electron chi connectivity index (χ4n) is 3.38. The number of ether oxygens (including phenoxy) is 1. The normalized spacial score (nSPS) is 26.3. The van der Waals surface area contributed by atoms with Crippen LogP contribution in [0, 0.1) is 0 Å². The molecule has 2 aliphatic rings. The highest BCUT2D eigenvalue weighted by Gasteiger charge is 2.39. The van der Waals surface area contributed by atoms with Crippen LogP contribution >= 0.6 is 22.7 Å². The van der Waals surface area contributed by atoms with Gasteiger partial charge in [0, 0.05) is 27.9 Å². The number of hydrogen-bond donors (Lipinski definition) is 2. The van der Waals surface area contributed by atoms with Gasteiger partial charge < -0.3 is 15.4 Å². The highest BCUT2D eigenvalue weighted by Crippen LogP contribution is 2.37. The Morgan fingerprint density at radius 2 is 2.05 bits per heavy atom. The van der Waals surface area contributed by atoms with Crippen molar-refractivity contribution in [1.82, 2.24) is 10.6 Å². The predicted octanol–water partition coefficient (Wildman–Crippen LogP) is 3.11. The SMILES string of the molecule is COc1ccc(-c2ccc(C(=O)NC3CC4CCC3N4)s2)s1. The maximum atomic E-state index is 12.4. The molecule has 2 bridgehead atoms. The highest BCUT2D eigenvalue weighted by molar-refractivity contribution is 7.23. The van der Waals surface area contributed by atoms with Crippen LogP contribution in [0.2, 0.25) is 0 Å². The van der Waals surface area contributed by atoms with E-state index in [2.05, 4.69) is 10.6 Å². The van der Waals surface area contributed by atoms with Crippen LogP contribution in [-0.2, 0) is 0 Å². The number of thiophene rings is 2. The quantitative estimate of drug-likeness (QED) is 0.903. The molecule has 2 N–H and O–H groups in total. The fourth-order valence-corrected chi connectivity index (χ4v) is 5.20. The van der Waals surface area contributed by atoms with Crippen LogP contribution in [-0.4, -0.2) is 31.1 Å². The lowest BCUT2D eigenvalue weighted by molar-refractivity contribution is 0.0935. The second kappa shape index (κ2) is 5.68. The molecule has 2 fully saturated rings. The Balaban J connectivity index is 1.45. The van der Waals surface area contributed by atoms with Gasteiger partial charge in [-0.05, 0) is 43.5 Å². The minimum absolute atomic E-state index is 0.0547. The van der Waals surface area contributed by atoms with Crippen molar-refractivity contribution in [1.29, 1.82) is 0 Å². The molecule has 4 nitrogen and oxygen atoms in total. The van der Waals surface area contributed by atoms with Gasteiger partial charge in [0.2, 0.25) is 0 Å². The minimum Gasteiger partial charge on any atom is -0.487 e. The molecule has 3 atom stereocenters. The summed E-state index contributed by atoms with van der Waals surface area (Å²) in [6.07, 6.45) is 3.50. The summed E-state index contributed by atoms with van der Waals surface area (Å²) in [5.74, 6) is 0.0547. The molecule has 1 amide bonds. The first-order valence-electron chi connectivity index (χ1n) is 7.54. The van der Waals surface area contributed by atoms with Crippen molar-refractivity contribution in [3.8, 4) is 14.8 Å². The average molecular weight is 334 g/mol. The van der Waals surface area contributed by atoms with Gasteiger partial charge in [0.15, 0.2) is 5.06 Å². The highest BCUT2D eigenvalue weighted by atomic mass is 32.1. The first kappa shape index (κ1) is 14.2. The van der Waals surface area contributed by atoms with Gasteiger partial charge in [-0.15, -0.1) is 11.3 Å². The topological polar surface area (TPSA) is 50.4 Å². The van der Waals surface area contributed by atoms with E-state index in [1.807, 2.05) is 24.3 Å². The van der Waals surface area contributed by atoms with Crippen molar-refractivity contribution in [2.75, 3.05) is 7.11 Å². The Morgan fingerprint density at radius 3 is 2.73 bits per heavy atom. The summed E-state index contributed by atoms with van der Waals surface area (Å²) >= 11 is 3.14. The average Bonchev–Trinajstić information content (AvgIpc) is 3.28. The van der Waals surface area contributed by atoms with Crippen LogP contribution in [0.15, 0.2) is 24.3 Å². The first-order valence-corrected chi connectivity index (χ1v) is 9.17. The molecule has 116 valence electrons. The van der Waals surface area contributed by atoms with Crippen LogP contribution in [0.25, 0.3) is 9.75 Å². The number of fused-ring (bicyclic) bond motifs is 2. The second-order valence-electron chi connectivity index (χ2n) is 5.85. The van der Waals surface area contributed by atoms with E-state index in [4.69, 9.17) is 4.74 Å². The number of methoxy groups -OCH3 is 1. The molecule has 0 radical (unpaired) electrons. The van der Waals surface area contributed by atoms with Crippen molar-refractivity contribution in [2.24, 2.45) is 0 Å². The number of nitrogens with one attached hydrogen (secondary N) is 2. The molecular weight excluding hydrogens is 316 g/mol. The summed E-state index contributed by atoms with van der Waals surface area (Å²) < 4.78 is 5.22. The lowest BCUT2D eigenvalue weighted by Crippen LogP contribution is -2.42. The molecule has 2 saturated heterocycles. The summed E-state index contributed by atoms with van der Waals surface area (Å²) in [7, 11) is 1.67. The van der Waals surface area contributed by atoms with Gasteiger partial charge in [-0.1, -0.05) is 11.3 Å². The Hall–Kier alpha value is -1.37. The van der Waals surface area contributed by atoms with Crippen molar-refractivity contribution in [2.45, 2.75) is 37.4 Å². The van der Waals surface area contributed by atoms with Gasteiger partial charge >= 0.3 is 0 Å². The van der Waals surface area contributed by atoms with Crippen LogP contribution in [0.1, 0.15) is 28.9 Å². The van der Waals surface area contributed by atoms with Crippen LogP contribution < -0.4 is 15.4 Å². The number of hydrogen-bond acceptors (Lipinski definition) is 5. The monoisotopic (exact) mass is 334 g/mol. The largest absolute Gasteiger partial charge is 0.487 e. The predicted molar refractivity (Wildman–Crippen MR) is 90.0 cm³/mol. The summed E-state index contributed by atoms with van der Waals surface area (Å²) in [5, 5.41) is 7.64. The summed E-state index contributed by atoms with van der Waals surface area (Å²) in [5.41, 5.74) is 0. The molecule has 2 aromatic heterocycles. The van der Waals surface area contributed by atoms with Crippen molar-refractivity contribution in [3.05, 3.63) is 29.1 Å². The third-order valence-corrected chi connectivity index (χ3v) is 6.80. The molecule has 2 aromatic rings. The van der Waals surface area contributed by atoms with Gasteiger partial charge in [-0.2, -0.15) is 0 Å². The number of carbonyl (C=O) groups is 1. The van der Waals surface area contributed by atoms with Gasteiger partial charge in [-0.3, -0.25) is 4.79 Å². The number of rotatable bonds is 4. The first-order chi connectivity index (χ1) is 10.7. The zero-order chi connectivity index (χ0) is 15.1. The summed E-state index contributed by atoms with van der Waals surface area (Å²) in [6.45, 7) is 0. The van der Waals surface area contributed by atoms with E-state index >= 15 is 0 Å². The molecule has 4 rings (SSSR count). The van der Waals surface area contributed by atoms with Crippen LogP contribution in [0.4, 0.5) is 0 Å². The van der Waals surface area contributed by atoms with Gasteiger partial charge in [0.1, 0.15) is 0 Å². The standard InChI is InChI=1S/C16H18N2O2S2/c1-20-15-7-6-13(22-15)12-4-5-14(21-12)16(19)18-11-8-9-2-3-10(11)17-9/h4-7,9-11,17H,2-3,8H2,1H3,(H,18,19). The van der Waals surface area contributed by atoms with Crippen LogP contribution in [0.5, 0.6) is 5.06 Å². The molecule has 4 heterocycles. The Bertz CT molecular complexity index is 694. The van der Waals surface area contributed by atoms with Gasteiger partial charge in [0.05, 0.1) is 12.0 Å². The van der Waals surface area contributed by atoms with E-state index in [9.17, 15) is 4.79 Å². The summed E-state index contributed by atoms with van der Waals surface area (Å²) in [4.78, 5) is 15.5. The molecule has 22 heavy (non-hydrogen) atoms. The van der Waals surface area contributed by atoms with Crippen molar-refractivity contribution < 1.29 is 9.53 Å². The fraction of sp³-hybridized carbons (Fsp3) is 0.438. The molecule has 0 aromatic carbocycles. The molecule has 0 aliphatic carbocycles. The lowest BCUT2D eigenvalue weighted by atomic mass is 9.95. The Kier molecular flexibility index (Phi) is 3.68. The smallest absolute Gasteiger partial charge is 0.261 e. The molecule has 0 saturated carbocycles. The third-order valence-electron chi connectivity index (χ3n) is 4.47. The van der Waals surface area contributed by atoms with E-state index in [1.54, 1.807) is 29.8 Å². The third kappa shape index (κ3) is 2.55. The molecule has 6 heteroatoms. The van der Waals surface area contributed by atoms with E-state index in [-0.39, 0.29) is 5.91 Å². The minimum atomic E-state index is 0.0547. The van der Waals surface area contributed by atoms with E-state index < -0.39 is 0 Å². The summed E-state index contributed by atoms with van der Waals surface area (Å²) in [6, 6.07) is 9.30. The number of carbonyl (C=O) groups excluding carboxylic acids is 1.